The smallest absolute Gasteiger partial charge is 0.416 e. The van der Waals surface area contributed by atoms with Crippen molar-refractivity contribution in [3.05, 3.63) is 120 Å². The van der Waals surface area contributed by atoms with Crippen LogP contribution < -0.4 is 16.0 Å². The summed E-state index contributed by atoms with van der Waals surface area (Å²) >= 11 is 1.20. The second-order valence-electron chi connectivity index (χ2n) is 8.70. The van der Waals surface area contributed by atoms with Crippen LogP contribution in [0.25, 0.3) is 6.08 Å². The molecule has 7 nitrogen and oxygen atoms in total. The molecule has 0 spiro atoms. The lowest BCUT2D eigenvalue weighted by Gasteiger charge is -2.14. The van der Waals surface area contributed by atoms with Gasteiger partial charge in [-0.3, -0.25) is 14.4 Å². The standard InChI is InChI=1S/C30H24F3N3O4S/c1-19(27(37)35-23-10-5-9-21(17-23)30(31,32)33)41-25-14-12-22(13-15-25)34-29(39)26(18-24-11-6-16-40-24)36-28(38)20-7-3-2-4-8-20/h2-19H,1H3,(H,34,39)(H,35,37)(H,36,38)/b26-18-. The zero-order valence-corrected chi connectivity index (χ0v) is 22.4. The molecule has 0 aliphatic rings. The zero-order chi connectivity index (χ0) is 29.4. The van der Waals surface area contributed by atoms with Gasteiger partial charge >= 0.3 is 6.18 Å². The van der Waals surface area contributed by atoms with Gasteiger partial charge in [0.15, 0.2) is 0 Å². The normalized spacial score (nSPS) is 12.3. The number of hydrogen-bond acceptors (Lipinski definition) is 5. The molecule has 1 aromatic heterocycles. The number of rotatable bonds is 9. The van der Waals surface area contributed by atoms with E-state index in [9.17, 15) is 27.6 Å². The lowest BCUT2D eigenvalue weighted by atomic mass is 10.2. The van der Waals surface area contributed by atoms with Crippen LogP contribution in [0.4, 0.5) is 24.5 Å². The van der Waals surface area contributed by atoms with Gasteiger partial charge in [-0.1, -0.05) is 24.3 Å². The molecule has 3 aromatic carbocycles. The lowest BCUT2D eigenvalue weighted by molar-refractivity contribution is -0.137. The number of thioether (sulfide) groups is 1. The Morgan fingerprint density at radius 1 is 0.854 bits per heavy atom. The van der Waals surface area contributed by atoms with E-state index in [0.29, 0.717) is 21.9 Å². The maximum absolute atomic E-state index is 13.1. The van der Waals surface area contributed by atoms with Crippen molar-refractivity contribution < 1.29 is 32.0 Å². The van der Waals surface area contributed by atoms with Crippen LogP contribution in [-0.2, 0) is 15.8 Å². The van der Waals surface area contributed by atoms with Gasteiger partial charge in [0.05, 0.1) is 17.1 Å². The van der Waals surface area contributed by atoms with Crippen molar-refractivity contribution in [2.75, 3.05) is 10.6 Å². The first kappa shape index (κ1) is 29.2. The molecule has 0 fully saturated rings. The Balaban J connectivity index is 1.38. The third-order valence-corrected chi connectivity index (χ3v) is 6.72. The van der Waals surface area contributed by atoms with Crippen LogP contribution in [0.1, 0.15) is 28.6 Å². The highest BCUT2D eigenvalue weighted by molar-refractivity contribution is 8.00. The summed E-state index contributed by atoms with van der Waals surface area (Å²) in [7, 11) is 0. The molecule has 210 valence electrons. The number of halogens is 3. The quantitative estimate of drug-likeness (QED) is 0.149. The first-order valence-electron chi connectivity index (χ1n) is 12.3. The van der Waals surface area contributed by atoms with Crippen LogP contribution in [0.15, 0.2) is 112 Å². The van der Waals surface area contributed by atoms with Gasteiger partial charge in [-0.05, 0) is 73.7 Å². The highest BCUT2D eigenvalue weighted by atomic mass is 32.2. The minimum absolute atomic E-state index is 0.0351. The summed E-state index contributed by atoms with van der Waals surface area (Å²) in [6.07, 6.45) is -1.66. The third kappa shape index (κ3) is 8.36. The van der Waals surface area contributed by atoms with E-state index in [1.54, 1.807) is 73.7 Å². The van der Waals surface area contributed by atoms with E-state index in [4.69, 9.17) is 4.42 Å². The van der Waals surface area contributed by atoms with Crippen LogP contribution in [0.2, 0.25) is 0 Å². The van der Waals surface area contributed by atoms with Crippen molar-refractivity contribution in [3.63, 3.8) is 0 Å². The summed E-state index contributed by atoms with van der Waals surface area (Å²) in [5.41, 5.74) is -0.0340. The molecule has 0 aliphatic carbocycles. The molecule has 3 amide bonds. The summed E-state index contributed by atoms with van der Waals surface area (Å²) in [4.78, 5) is 39.0. The Morgan fingerprint density at radius 2 is 1.59 bits per heavy atom. The van der Waals surface area contributed by atoms with Gasteiger partial charge in [-0.2, -0.15) is 13.2 Å². The topological polar surface area (TPSA) is 100 Å². The number of furan rings is 1. The number of anilines is 2. The Labute approximate surface area is 237 Å². The molecule has 41 heavy (non-hydrogen) atoms. The predicted molar refractivity (Wildman–Crippen MR) is 151 cm³/mol. The number of hydrogen-bond donors (Lipinski definition) is 3. The fourth-order valence-electron chi connectivity index (χ4n) is 3.55. The highest BCUT2D eigenvalue weighted by Gasteiger charge is 2.30. The van der Waals surface area contributed by atoms with Crippen LogP contribution in [0.3, 0.4) is 0 Å². The van der Waals surface area contributed by atoms with Crippen molar-refractivity contribution in [3.8, 4) is 0 Å². The number of benzene rings is 3. The van der Waals surface area contributed by atoms with Gasteiger partial charge in [0.1, 0.15) is 11.5 Å². The summed E-state index contributed by atoms with van der Waals surface area (Å²) in [5.74, 6) is -1.15. The first-order valence-corrected chi connectivity index (χ1v) is 13.1. The molecule has 1 atom stereocenters. The van der Waals surface area contributed by atoms with E-state index in [1.807, 2.05) is 0 Å². The van der Waals surface area contributed by atoms with Crippen molar-refractivity contribution in [1.82, 2.24) is 5.32 Å². The molecule has 0 bridgehead atoms. The average molecular weight is 580 g/mol. The van der Waals surface area contributed by atoms with Crippen molar-refractivity contribution in [2.24, 2.45) is 0 Å². The minimum atomic E-state index is -4.51. The Bertz CT molecular complexity index is 1540. The fourth-order valence-corrected chi connectivity index (χ4v) is 4.42. The SMILES string of the molecule is CC(Sc1ccc(NC(=O)/C(=C/c2ccco2)NC(=O)c2ccccc2)cc1)C(=O)Nc1cccc(C(F)(F)F)c1. The molecule has 1 unspecified atom stereocenters. The molecule has 0 saturated carbocycles. The first-order chi connectivity index (χ1) is 19.6. The van der Waals surface area contributed by atoms with Gasteiger partial charge in [-0.25, -0.2) is 0 Å². The highest BCUT2D eigenvalue weighted by Crippen LogP contribution is 2.31. The van der Waals surface area contributed by atoms with Crippen molar-refractivity contribution in [1.29, 1.82) is 0 Å². The molecule has 0 radical (unpaired) electrons. The summed E-state index contributed by atoms with van der Waals surface area (Å²) in [5, 5.41) is 7.21. The predicted octanol–water partition coefficient (Wildman–Crippen LogP) is 6.83. The van der Waals surface area contributed by atoms with Gasteiger partial charge in [0.25, 0.3) is 11.8 Å². The van der Waals surface area contributed by atoms with E-state index in [-0.39, 0.29) is 11.4 Å². The van der Waals surface area contributed by atoms with Crippen molar-refractivity contribution >= 4 is 46.9 Å². The molecule has 3 N–H and O–H groups in total. The monoisotopic (exact) mass is 579 g/mol. The van der Waals surface area contributed by atoms with E-state index < -0.39 is 34.7 Å². The Morgan fingerprint density at radius 3 is 2.24 bits per heavy atom. The average Bonchev–Trinajstić information content (AvgIpc) is 3.47. The number of amides is 3. The summed E-state index contributed by atoms with van der Waals surface area (Å²) < 4.78 is 44.1. The second kappa shape index (κ2) is 13.1. The van der Waals surface area contributed by atoms with Gasteiger partial charge < -0.3 is 20.4 Å². The van der Waals surface area contributed by atoms with E-state index in [2.05, 4.69) is 16.0 Å². The molecule has 0 aliphatic heterocycles. The van der Waals surface area contributed by atoms with E-state index in [1.165, 1.54) is 36.2 Å². The second-order valence-corrected chi connectivity index (χ2v) is 10.1. The van der Waals surface area contributed by atoms with Gasteiger partial charge in [0, 0.05) is 27.9 Å². The van der Waals surface area contributed by atoms with Crippen LogP contribution in [0, 0.1) is 0 Å². The van der Waals surface area contributed by atoms with E-state index >= 15 is 0 Å². The molecule has 1 heterocycles. The molecule has 4 aromatic rings. The van der Waals surface area contributed by atoms with Gasteiger partial charge in [-0.15, -0.1) is 11.8 Å². The lowest BCUT2D eigenvalue weighted by Crippen LogP contribution is -2.30. The minimum Gasteiger partial charge on any atom is -0.465 e. The molecular weight excluding hydrogens is 555 g/mol. The Hall–Kier alpha value is -4.77. The third-order valence-electron chi connectivity index (χ3n) is 5.61. The maximum Gasteiger partial charge on any atom is 0.416 e. The molecule has 4 rings (SSSR count). The number of alkyl halides is 3. The van der Waals surface area contributed by atoms with E-state index in [0.717, 1.165) is 12.1 Å². The largest absolute Gasteiger partial charge is 0.465 e. The number of nitrogens with one attached hydrogen (secondary N) is 3. The van der Waals surface area contributed by atoms with Crippen LogP contribution >= 0.6 is 11.8 Å². The summed E-state index contributed by atoms with van der Waals surface area (Å²) in [6, 6.07) is 22.8. The van der Waals surface area contributed by atoms with Crippen LogP contribution in [-0.4, -0.2) is 23.0 Å². The number of carbonyl (C=O) groups excluding carboxylic acids is 3. The summed E-state index contributed by atoms with van der Waals surface area (Å²) in [6.45, 7) is 1.63. The number of carbonyl (C=O) groups is 3. The zero-order valence-electron chi connectivity index (χ0n) is 21.6. The Kier molecular flexibility index (Phi) is 9.30. The molecular formula is C30H24F3N3O4S. The molecule has 11 heteroatoms. The fraction of sp³-hybridized carbons (Fsp3) is 0.100. The molecule has 0 saturated heterocycles. The van der Waals surface area contributed by atoms with Crippen LogP contribution in [0.5, 0.6) is 0 Å². The van der Waals surface area contributed by atoms with Crippen molar-refractivity contribution in [2.45, 2.75) is 23.2 Å². The maximum atomic E-state index is 13.1. The van der Waals surface area contributed by atoms with Gasteiger partial charge in [0.2, 0.25) is 5.91 Å².